The number of amides is 1. The molecule has 0 bridgehead atoms. The van der Waals surface area contributed by atoms with Gasteiger partial charge in [0.15, 0.2) is 0 Å². The third-order valence-electron chi connectivity index (χ3n) is 5.19. The van der Waals surface area contributed by atoms with E-state index in [0.717, 1.165) is 49.1 Å². The predicted octanol–water partition coefficient (Wildman–Crippen LogP) is 1.71. The molecule has 4 rings (SSSR count). The Labute approximate surface area is 146 Å². The summed E-state index contributed by atoms with van der Waals surface area (Å²) in [5.74, 6) is 0.600. The number of rotatable bonds is 4. The number of methoxy groups -OCH3 is 1. The van der Waals surface area contributed by atoms with Crippen LogP contribution in [-0.4, -0.2) is 71.8 Å². The summed E-state index contributed by atoms with van der Waals surface area (Å²) in [4.78, 5) is 24.7. The maximum absolute atomic E-state index is 11.7. The van der Waals surface area contributed by atoms with E-state index in [9.17, 15) is 4.79 Å². The molecule has 1 amide bonds. The summed E-state index contributed by atoms with van der Waals surface area (Å²) < 4.78 is 10.7. The molecule has 2 saturated heterocycles. The van der Waals surface area contributed by atoms with Crippen molar-refractivity contribution < 1.29 is 14.3 Å². The number of nitrogens with zero attached hydrogens (tertiary/aromatic N) is 4. The molecule has 0 aromatic carbocycles. The van der Waals surface area contributed by atoms with Crippen molar-refractivity contribution in [1.29, 1.82) is 0 Å². The first-order valence-electron chi connectivity index (χ1n) is 8.60. The molecule has 2 atom stereocenters. The van der Waals surface area contributed by atoms with Crippen molar-refractivity contribution in [3.63, 3.8) is 0 Å². The molecule has 7 heteroatoms. The number of fused-ring (bicyclic) bond motifs is 2. The van der Waals surface area contributed by atoms with Gasteiger partial charge in [0.25, 0.3) is 0 Å². The van der Waals surface area contributed by atoms with Crippen molar-refractivity contribution in [3.8, 4) is 5.88 Å². The van der Waals surface area contributed by atoms with Crippen LogP contribution in [0.15, 0.2) is 24.4 Å². The number of carbonyl (C=O) groups is 1. The number of likely N-dealkylation sites (tertiary alicyclic amines) is 1. The first-order valence-corrected chi connectivity index (χ1v) is 8.60. The van der Waals surface area contributed by atoms with Crippen molar-refractivity contribution in [1.82, 2.24) is 19.8 Å². The highest BCUT2D eigenvalue weighted by atomic mass is 16.6. The van der Waals surface area contributed by atoms with E-state index >= 15 is 0 Å². The predicted molar refractivity (Wildman–Crippen MR) is 92.7 cm³/mol. The number of piperidine rings is 1. The monoisotopic (exact) mass is 342 g/mol. The molecule has 0 spiro atoms. The van der Waals surface area contributed by atoms with Gasteiger partial charge in [-0.2, -0.15) is 0 Å². The summed E-state index contributed by atoms with van der Waals surface area (Å²) in [5, 5.41) is 0. The Morgan fingerprint density at radius 3 is 3.08 bits per heavy atom. The third kappa shape index (κ3) is 3.00. The summed E-state index contributed by atoms with van der Waals surface area (Å²) in [5.41, 5.74) is 2.93. The number of hydrogen-bond acceptors (Lipinski definition) is 6. The highest BCUT2D eigenvalue weighted by molar-refractivity contribution is 5.78. The number of likely N-dealkylation sites (N-methyl/N-ethyl adjacent to an activating group) is 1. The van der Waals surface area contributed by atoms with E-state index in [4.69, 9.17) is 9.47 Å². The third-order valence-corrected chi connectivity index (χ3v) is 5.19. The Balaban J connectivity index is 1.45. The highest BCUT2D eigenvalue weighted by Crippen LogP contribution is 2.26. The Kier molecular flexibility index (Phi) is 4.17. The van der Waals surface area contributed by atoms with Crippen molar-refractivity contribution in [2.75, 3.05) is 33.8 Å². The lowest BCUT2D eigenvalue weighted by molar-refractivity contribution is 0.0677. The fourth-order valence-electron chi connectivity index (χ4n) is 3.73. The topological polar surface area (TPSA) is 67.8 Å². The first-order chi connectivity index (χ1) is 12.2. The summed E-state index contributed by atoms with van der Waals surface area (Å²) in [7, 11) is 3.44. The van der Waals surface area contributed by atoms with Gasteiger partial charge in [-0.15, -0.1) is 0 Å². The average molecular weight is 342 g/mol. The standard InChI is InChI=1S/C18H22N4O3/c1-21-14-7-10-22(11-15(14)25-18(21)23)9-6-12-5-8-19-13-3-4-16(24-2)20-17(12)13/h3-5,8,14-15H,6-7,9-11H2,1-2H3/t14-,15+/m1/s1. The molecule has 2 aromatic rings. The van der Waals surface area contributed by atoms with Crippen LogP contribution in [0.1, 0.15) is 12.0 Å². The Morgan fingerprint density at radius 2 is 2.24 bits per heavy atom. The molecule has 2 aromatic heterocycles. The van der Waals surface area contributed by atoms with Gasteiger partial charge >= 0.3 is 6.09 Å². The van der Waals surface area contributed by atoms with Crippen LogP contribution in [0.3, 0.4) is 0 Å². The minimum absolute atomic E-state index is 0.0151. The number of hydrogen-bond donors (Lipinski definition) is 0. The summed E-state index contributed by atoms with van der Waals surface area (Å²) in [6.45, 7) is 2.67. The largest absolute Gasteiger partial charge is 0.481 e. The normalized spacial score (nSPS) is 23.6. The SMILES string of the molecule is COc1ccc2nccc(CCN3CC[C@@H]4[C@H](C3)OC(=O)N4C)c2n1. The van der Waals surface area contributed by atoms with Crippen molar-refractivity contribution in [2.45, 2.75) is 25.0 Å². The first kappa shape index (κ1) is 16.1. The number of aromatic nitrogens is 2. The quantitative estimate of drug-likeness (QED) is 0.843. The van der Waals surface area contributed by atoms with E-state index in [1.54, 1.807) is 12.0 Å². The Bertz CT molecular complexity index is 797. The smallest absolute Gasteiger partial charge is 0.410 e. The van der Waals surface area contributed by atoms with Crippen LogP contribution < -0.4 is 4.74 Å². The molecule has 2 aliphatic heterocycles. The van der Waals surface area contributed by atoms with Crippen LogP contribution in [-0.2, 0) is 11.2 Å². The van der Waals surface area contributed by atoms with Gasteiger partial charge in [0.05, 0.1) is 24.2 Å². The van der Waals surface area contributed by atoms with E-state index < -0.39 is 0 Å². The van der Waals surface area contributed by atoms with Crippen molar-refractivity contribution in [3.05, 3.63) is 30.0 Å². The van der Waals surface area contributed by atoms with E-state index in [0.29, 0.717) is 5.88 Å². The van der Waals surface area contributed by atoms with Crippen LogP contribution in [0.25, 0.3) is 11.0 Å². The molecule has 0 saturated carbocycles. The maximum atomic E-state index is 11.7. The molecule has 4 heterocycles. The minimum Gasteiger partial charge on any atom is -0.481 e. The van der Waals surface area contributed by atoms with Gasteiger partial charge in [-0.25, -0.2) is 9.78 Å². The lowest BCUT2D eigenvalue weighted by Gasteiger charge is -2.34. The van der Waals surface area contributed by atoms with Gasteiger partial charge < -0.3 is 14.4 Å². The van der Waals surface area contributed by atoms with E-state index in [1.165, 1.54) is 0 Å². The van der Waals surface area contributed by atoms with Crippen LogP contribution in [0.5, 0.6) is 5.88 Å². The van der Waals surface area contributed by atoms with E-state index in [-0.39, 0.29) is 18.2 Å². The average Bonchev–Trinajstić information content (AvgIpc) is 2.93. The van der Waals surface area contributed by atoms with Gasteiger partial charge in [0, 0.05) is 38.9 Å². The molecule has 0 radical (unpaired) electrons. The second-order valence-electron chi connectivity index (χ2n) is 6.63. The van der Waals surface area contributed by atoms with Crippen LogP contribution >= 0.6 is 0 Å². The molecule has 0 N–H and O–H groups in total. The lowest BCUT2D eigenvalue weighted by atomic mass is 10.0. The number of pyridine rings is 2. The van der Waals surface area contributed by atoms with E-state index in [1.807, 2.05) is 31.4 Å². The zero-order valence-electron chi connectivity index (χ0n) is 14.5. The molecule has 2 aliphatic rings. The van der Waals surface area contributed by atoms with Gasteiger partial charge in [0.1, 0.15) is 6.10 Å². The zero-order chi connectivity index (χ0) is 17.4. The lowest BCUT2D eigenvalue weighted by Crippen LogP contribution is -2.48. The summed E-state index contributed by atoms with van der Waals surface area (Å²) >= 11 is 0. The minimum atomic E-state index is -0.201. The van der Waals surface area contributed by atoms with Crippen molar-refractivity contribution in [2.24, 2.45) is 0 Å². The van der Waals surface area contributed by atoms with Gasteiger partial charge in [-0.3, -0.25) is 9.88 Å². The van der Waals surface area contributed by atoms with Gasteiger partial charge in [0.2, 0.25) is 5.88 Å². The molecule has 25 heavy (non-hydrogen) atoms. The van der Waals surface area contributed by atoms with Crippen LogP contribution in [0.2, 0.25) is 0 Å². The van der Waals surface area contributed by atoms with Crippen molar-refractivity contribution >= 4 is 17.1 Å². The van der Waals surface area contributed by atoms with E-state index in [2.05, 4.69) is 14.9 Å². The molecule has 132 valence electrons. The maximum Gasteiger partial charge on any atom is 0.410 e. The van der Waals surface area contributed by atoms with Crippen LogP contribution in [0.4, 0.5) is 4.79 Å². The number of ether oxygens (including phenoxy) is 2. The molecule has 0 aliphatic carbocycles. The van der Waals surface area contributed by atoms with Crippen LogP contribution in [0, 0.1) is 0 Å². The molecule has 2 fully saturated rings. The van der Waals surface area contributed by atoms with Gasteiger partial charge in [-0.05, 0) is 30.5 Å². The molecule has 0 unspecified atom stereocenters. The molecule has 7 nitrogen and oxygen atoms in total. The zero-order valence-corrected chi connectivity index (χ0v) is 14.5. The molecular weight excluding hydrogens is 320 g/mol. The summed E-state index contributed by atoms with van der Waals surface area (Å²) in [6, 6.07) is 6.00. The molecular formula is C18H22N4O3. The summed E-state index contributed by atoms with van der Waals surface area (Å²) in [6.07, 6.45) is 3.44. The van der Waals surface area contributed by atoms with Gasteiger partial charge in [-0.1, -0.05) is 0 Å². The fraction of sp³-hybridized carbons (Fsp3) is 0.500. The Hall–Kier alpha value is -2.41. The second-order valence-corrected chi connectivity index (χ2v) is 6.63. The number of carbonyl (C=O) groups excluding carboxylic acids is 1. The highest BCUT2D eigenvalue weighted by Gasteiger charge is 2.42. The fourth-order valence-corrected chi connectivity index (χ4v) is 3.73. The second kappa shape index (κ2) is 6.48. The Morgan fingerprint density at radius 1 is 1.36 bits per heavy atom.